The predicted octanol–water partition coefficient (Wildman–Crippen LogP) is 3.49. The fraction of sp³-hybridized carbons (Fsp3) is 0.500. The molecule has 0 amide bonds. The maximum absolute atomic E-state index is 5.55. The molecule has 2 aromatic carbocycles. The maximum atomic E-state index is 5.55. The second-order valence-electron chi connectivity index (χ2n) is 7.68. The van der Waals surface area contributed by atoms with Crippen molar-refractivity contribution in [3.63, 3.8) is 0 Å². The summed E-state index contributed by atoms with van der Waals surface area (Å²) in [5.41, 5.74) is 3.59. The lowest BCUT2D eigenvalue weighted by molar-refractivity contribution is 0.105. The predicted molar refractivity (Wildman–Crippen MR) is 120 cm³/mol. The average molecular weight is 398 g/mol. The summed E-state index contributed by atoms with van der Waals surface area (Å²) in [6.45, 7) is 12.1. The van der Waals surface area contributed by atoms with Gasteiger partial charge in [0.25, 0.3) is 0 Å². The van der Waals surface area contributed by atoms with Crippen LogP contribution in [-0.2, 0) is 6.54 Å². The number of ether oxygens (including phenoxy) is 2. The monoisotopic (exact) mass is 397 g/mol. The van der Waals surface area contributed by atoms with Gasteiger partial charge in [0.2, 0.25) is 0 Å². The number of hydrogen-bond acceptors (Lipinski definition) is 5. The van der Waals surface area contributed by atoms with Gasteiger partial charge in [-0.1, -0.05) is 37.3 Å². The van der Waals surface area contributed by atoms with Crippen LogP contribution in [0.4, 0.5) is 0 Å². The Hall–Kier alpha value is -2.08. The third kappa shape index (κ3) is 5.50. The van der Waals surface area contributed by atoms with E-state index in [-0.39, 0.29) is 0 Å². The van der Waals surface area contributed by atoms with Gasteiger partial charge in [0.1, 0.15) is 0 Å². The highest BCUT2D eigenvalue weighted by atomic mass is 16.5. The molecule has 3 rings (SSSR count). The molecule has 1 aliphatic heterocycles. The molecule has 1 saturated heterocycles. The molecule has 1 heterocycles. The quantitative estimate of drug-likeness (QED) is 0.701. The maximum Gasteiger partial charge on any atom is 0.161 e. The van der Waals surface area contributed by atoms with E-state index in [1.165, 1.54) is 29.8 Å². The zero-order valence-corrected chi connectivity index (χ0v) is 18.3. The van der Waals surface area contributed by atoms with E-state index in [2.05, 4.69) is 65.4 Å². The number of nitrogens with zero attached hydrogens (tertiary/aromatic N) is 2. The number of methoxy groups -OCH3 is 2. The molecule has 5 heteroatoms. The van der Waals surface area contributed by atoms with Gasteiger partial charge in [-0.2, -0.15) is 0 Å². The van der Waals surface area contributed by atoms with Crippen LogP contribution in [0.3, 0.4) is 0 Å². The lowest BCUT2D eigenvalue weighted by Gasteiger charge is -2.37. The van der Waals surface area contributed by atoms with Crippen molar-refractivity contribution in [1.82, 2.24) is 15.1 Å². The van der Waals surface area contributed by atoms with Crippen molar-refractivity contribution in [2.75, 3.05) is 53.5 Å². The molecule has 0 aromatic heterocycles. The summed E-state index contributed by atoms with van der Waals surface area (Å²) in [6.07, 6.45) is 0. The van der Waals surface area contributed by atoms with Crippen molar-refractivity contribution >= 4 is 0 Å². The minimum absolute atomic E-state index is 0.523. The Morgan fingerprint density at radius 3 is 2.24 bits per heavy atom. The molecular weight excluding hydrogens is 362 g/mol. The molecule has 0 aliphatic carbocycles. The number of hydrogen-bond donors (Lipinski definition) is 1. The Bertz CT molecular complexity index is 758. The van der Waals surface area contributed by atoms with Crippen LogP contribution in [0.15, 0.2) is 42.5 Å². The summed E-state index contributed by atoms with van der Waals surface area (Å²) < 4.78 is 11.1. The van der Waals surface area contributed by atoms with E-state index in [9.17, 15) is 0 Å². The Balaban J connectivity index is 1.68. The second kappa shape index (κ2) is 10.6. The minimum Gasteiger partial charge on any atom is -0.493 e. The van der Waals surface area contributed by atoms with Crippen molar-refractivity contribution in [1.29, 1.82) is 0 Å². The molecule has 158 valence electrons. The Morgan fingerprint density at radius 1 is 0.966 bits per heavy atom. The molecule has 1 unspecified atom stereocenters. The molecule has 0 bridgehead atoms. The molecule has 2 aromatic rings. The highest BCUT2D eigenvalue weighted by molar-refractivity contribution is 5.71. The molecule has 0 radical (unpaired) electrons. The second-order valence-corrected chi connectivity index (χ2v) is 7.68. The van der Waals surface area contributed by atoms with Crippen molar-refractivity contribution in [2.24, 2.45) is 0 Å². The van der Waals surface area contributed by atoms with E-state index >= 15 is 0 Å². The third-order valence-corrected chi connectivity index (χ3v) is 5.93. The molecule has 1 N–H and O–H groups in total. The van der Waals surface area contributed by atoms with E-state index in [1.54, 1.807) is 14.2 Å². The summed E-state index contributed by atoms with van der Waals surface area (Å²) in [5, 5.41) is 3.67. The largest absolute Gasteiger partial charge is 0.493 e. The molecule has 0 spiro atoms. The standard InChI is InChI=1S/C24H35N3O2/c1-5-26-11-13-27(14-12-26)19(2)17-25-18-21-15-23(28-3)24(29-4)16-22(21)20-9-7-6-8-10-20/h6-10,15-16,19,25H,5,11-14,17-18H2,1-4H3. The zero-order chi connectivity index (χ0) is 20.6. The highest BCUT2D eigenvalue weighted by Crippen LogP contribution is 2.35. The Morgan fingerprint density at radius 2 is 1.62 bits per heavy atom. The van der Waals surface area contributed by atoms with Crippen LogP contribution < -0.4 is 14.8 Å². The van der Waals surface area contributed by atoms with Crippen LogP contribution in [-0.4, -0.2) is 69.3 Å². The summed E-state index contributed by atoms with van der Waals surface area (Å²) in [4.78, 5) is 5.11. The SMILES string of the molecule is CCN1CCN(C(C)CNCc2cc(OC)c(OC)cc2-c2ccccc2)CC1. The van der Waals surface area contributed by atoms with Crippen LogP contribution >= 0.6 is 0 Å². The lowest BCUT2D eigenvalue weighted by atomic mass is 9.98. The van der Waals surface area contributed by atoms with Gasteiger partial charge in [-0.25, -0.2) is 0 Å². The number of nitrogens with one attached hydrogen (secondary N) is 1. The van der Waals surface area contributed by atoms with Gasteiger partial charge in [0, 0.05) is 45.3 Å². The summed E-state index contributed by atoms with van der Waals surface area (Å²) in [5.74, 6) is 1.53. The van der Waals surface area contributed by atoms with Crippen molar-refractivity contribution in [3.05, 3.63) is 48.0 Å². The highest BCUT2D eigenvalue weighted by Gasteiger charge is 2.20. The number of likely N-dealkylation sites (N-methyl/N-ethyl adjacent to an activating group) is 1. The van der Waals surface area contributed by atoms with Gasteiger partial charge in [-0.3, -0.25) is 4.90 Å². The summed E-state index contributed by atoms with van der Waals surface area (Å²) in [6, 6.07) is 15.2. The third-order valence-electron chi connectivity index (χ3n) is 5.93. The molecule has 1 fully saturated rings. The van der Waals surface area contributed by atoms with Crippen molar-refractivity contribution < 1.29 is 9.47 Å². The molecule has 29 heavy (non-hydrogen) atoms. The van der Waals surface area contributed by atoms with Crippen LogP contribution in [0.2, 0.25) is 0 Å². The topological polar surface area (TPSA) is 37.0 Å². The van der Waals surface area contributed by atoms with Gasteiger partial charge in [0.15, 0.2) is 11.5 Å². The average Bonchev–Trinajstić information content (AvgIpc) is 2.79. The molecule has 1 atom stereocenters. The Kier molecular flexibility index (Phi) is 7.92. The van der Waals surface area contributed by atoms with Crippen LogP contribution in [0.5, 0.6) is 11.5 Å². The van der Waals surface area contributed by atoms with Crippen molar-refractivity contribution in [3.8, 4) is 22.6 Å². The number of piperazine rings is 1. The smallest absolute Gasteiger partial charge is 0.161 e. The first-order valence-electron chi connectivity index (χ1n) is 10.6. The van der Waals surface area contributed by atoms with Gasteiger partial charge < -0.3 is 19.7 Å². The van der Waals surface area contributed by atoms with E-state index < -0.39 is 0 Å². The van der Waals surface area contributed by atoms with Crippen molar-refractivity contribution in [2.45, 2.75) is 26.4 Å². The first-order valence-corrected chi connectivity index (χ1v) is 10.6. The van der Waals surface area contributed by atoms with Gasteiger partial charge in [0.05, 0.1) is 14.2 Å². The molecular formula is C24H35N3O2. The summed E-state index contributed by atoms with van der Waals surface area (Å²) >= 11 is 0. The fourth-order valence-corrected chi connectivity index (χ4v) is 4.02. The van der Waals surface area contributed by atoms with E-state index in [0.717, 1.165) is 44.2 Å². The van der Waals surface area contributed by atoms with E-state index in [4.69, 9.17) is 9.47 Å². The summed E-state index contributed by atoms with van der Waals surface area (Å²) in [7, 11) is 3.37. The molecule has 0 saturated carbocycles. The van der Waals surface area contributed by atoms with E-state index in [0.29, 0.717) is 6.04 Å². The molecule has 1 aliphatic rings. The minimum atomic E-state index is 0.523. The Labute approximate surface area is 175 Å². The number of rotatable bonds is 9. The normalized spacial score (nSPS) is 16.6. The van der Waals surface area contributed by atoms with Gasteiger partial charge in [-0.05, 0) is 42.3 Å². The fourth-order valence-electron chi connectivity index (χ4n) is 4.02. The first-order chi connectivity index (χ1) is 14.2. The van der Waals surface area contributed by atoms with Crippen LogP contribution in [0.1, 0.15) is 19.4 Å². The van der Waals surface area contributed by atoms with Crippen LogP contribution in [0, 0.1) is 0 Å². The van der Waals surface area contributed by atoms with Crippen LogP contribution in [0.25, 0.3) is 11.1 Å². The molecule has 5 nitrogen and oxygen atoms in total. The number of benzene rings is 2. The van der Waals surface area contributed by atoms with Gasteiger partial charge >= 0.3 is 0 Å². The van der Waals surface area contributed by atoms with E-state index in [1.807, 2.05) is 6.07 Å². The lowest BCUT2D eigenvalue weighted by Crippen LogP contribution is -2.51. The first kappa shape index (κ1) is 21.6. The zero-order valence-electron chi connectivity index (χ0n) is 18.3. The van der Waals surface area contributed by atoms with Gasteiger partial charge in [-0.15, -0.1) is 0 Å².